The van der Waals surface area contributed by atoms with Crippen LogP contribution in [0.4, 0.5) is 4.39 Å². The summed E-state index contributed by atoms with van der Waals surface area (Å²) in [7, 11) is 1.45. The number of hydrogen-bond acceptors (Lipinski definition) is 3. The van der Waals surface area contributed by atoms with E-state index < -0.39 is 17.8 Å². The molecule has 1 aromatic rings. The molecule has 0 bridgehead atoms. The highest BCUT2D eigenvalue weighted by Gasteiger charge is 2.23. The van der Waals surface area contributed by atoms with Gasteiger partial charge in [0.1, 0.15) is 17.5 Å². The minimum absolute atomic E-state index is 0.388. The van der Waals surface area contributed by atoms with Gasteiger partial charge in [-0.05, 0) is 24.6 Å². The summed E-state index contributed by atoms with van der Waals surface area (Å²) in [6.07, 6.45) is -0.390. The number of methoxy groups -OCH3 is 1. The van der Waals surface area contributed by atoms with Gasteiger partial charge in [0.05, 0.1) is 19.3 Å². The van der Waals surface area contributed by atoms with Crippen molar-refractivity contribution >= 4 is 0 Å². The number of benzene rings is 1. The lowest BCUT2D eigenvalue weighted by Gasteiger charge is -2.17. The molecule has 0 aromatic heterocycles. The molecule has 16 heavy (non-hydrogen) atoms. The fraction of sp³-hybridized carbons (Fsp3) is 0.417. The number of aliphatic hydroxyl groups excluding tert-OH is 1. The van der Waals surface area contributed by atoms with Crippen molar-refractivity contribution in [2.75, 3.05) is 7.11 Å². The van der Waals surface area contributed by atoms with Crippen LogP contribution in [-0.4, -0.2) is 18.3 Å². The van der Waals surface area contributed by atoms with E-state index in [9.17, 15) is 9.50 Å². The van der Waals surface area contributed by atoms with Crippen LogP contribution in [0.5, 0.6) is 5.75 Å². The first kappa shape index (κ1) is 12.5. The first-order valence-electron chi connectivity index (χ1n) is 5.05. The van der Waals surface area contributed by atoms with E-state index in [1.54, 1.807) is 6.92 Å². The normalized spacial score (nSPS) is 13.9. The maximum atomic E-state index is 13.1. The molecular weight excluding hydrogens is 209 g/mol. The van der Waals surface area contributed by atoms with Gasteiger partial charge in [0.25, 0.3) is 0 Å². The van der Waals surface area contributed by atoms with E-state index in [-0.39, 0.29) is 0 Å². The lowest BCUT2D eigenvalue weighted by molar-refractivity contribution is 0.156. The minimum Gasteiger partial charge on any atom is -0.496 e. The Bertz CT molecular complexity index is 400. The number of rotatable bonds is 4. The summed E-state index contributed by atoms with van der Waals surface area (Å²) in [5.41, 5.74) is 0.388. The van der Waals surface area contributed by atoms with Crippen molar-refractivity contribution in [2.45, 2.75) is 25.4 Å². The second-order valence-electron chi connectivity index (χ2n) is 3.47. The number of nitriles is 1. The number of aliphatic hydroxyl groups is 1. The van der Waals surface area contributed by atoms with E-state index in [0.717, 1.165) is 0 Å². The average molecular weight is 223 g/mol. The fourth-order valence-electron chi connectivity index (χ4n) is 1.55. The molecule has 0 aliphatic carbocycles. The molecule has 2 atom stereocenters. The molecule has 0 spiro atoms. The zero-order valence-electron chi connectivity index (χ0n) is 9.27. The van der Waals surface area contributed by atoms with Crippen LogP contribution >= 0.6 is 0 Å². The Morgan fingerprint density at radius 1 is 1.56 bits per heavy atom. The van der Waals surface area contributed by atoms with Crippen LogP contribution in [0.1, 0.15) is 24.8 Å². The van der Waals surface area contributed by atoms with E-state index in [0.29, 0.717) is 17.7 Å². The molecular formula is C12H14FNO2. The Labute approximate surface area is 94.1 Å². The monoisotopic (exact) mass is 223 g/mol. The summed E-state index contributed by atoms with van der Waals surface area (Å²) in [4.78, 5) is 0. The lowest BCUT2D eigenvalue weighted by atomic mass is 9.92. The average Bonchev–Trinajstić information content (AvgIpc) is 2.30. The van der Waals surface area contributed by atoms with Crippen LogP contribution in [-0.2, 0) is 0 Å². The summed E-state index contributed by atoms with van der Waals surface area (Å²) < 4.78 is 18.1. The number of hydrogen-bond donors (Lipinski definition) is 1. The third-order valence-corrected chi connectivity index (χ3v) is 2.47. The minimum atomic E-state index is -0.819. The molecule has 4 heteroatoms. The molecule has 1 rings (SSSR count). The quantitative estimate of drug-likeness (QED) is 0.851. The predicted octanol–water partition coefficient (Wildman–Crippen LogP) is 2.21. The molecule has 0 aliphatic heterocycles. The van der Waals surface area contributed by atoms with Crippen LogP contribution in [0.15, 0.2) is 18.2 Å². The second kappa shape index (κ2) is 5.47. The Morgan fingerprint density at radius 3 is 2.75 bits per heavy atom. The Morgan fingerprint density at radius 2 is 2.25 bits per heavy atom. The van der Waals surface area contributed by atoms with Gasteiger partial charge in [-0.3, -0.25) is 0 Å². The van der Waals surface area contributed by atoms with E-state index >= 15 is 0 Å². The summed E-state index contributed by atoms with van der Waals surface area (Å²) >= 11 is 0. The van der Waals surface area contributed by atoms with Crippen LogP contribution in [0.25, 0.3) is 0 Å². The highest BCUT2D eigenvalue weighted by atomic mass is 19.1. The second-order valence-corrected chi connectivity index (χ2v) is 3.47. The third kappa shape index (κ3) is 2.50. The number of ether oxygens (including phenoxy) is 1. The van der Waals surface area contributed by atoms with Gasteiger partial charge in [-0.2, -0.15) is 5.26 Å². The molecule has 1 N–H and O–H groups in total. The number of halogens is 1. The van der Waals surface area contributed by atoms with Crippen molar-refractivity contribution in [3.05, 3.63) is 29.6 Å². The Hall–Kier alpha value is -1.60. The summed E-state index contributed by atoms with van der Waals surface area (Å²) in [6.45, 7) is 1.76. The van der Waals surface area contributed by atoms with Crippen molar-refractivity contribution < 1.29 is 14.2 Å². The van der Waals surface area contributed by atoms with Crippen molar-refractivity contribution in [2.24, 2.45) is 0 Å². The molecule has 0 aliphatic rings. The van der Waals surface area contributed by atoms with Gasteiger partial charge < -0.3 is 9.84 Å². The SMILES string of the molecule is CCC(O)C(C#N)c1cc(F)ccc1OC. The van der Waals surface area contributed by atoms with Crippen LogP contribution in [0, 0.1) is 17.1 Å². The molecule has 0 saturated carbocycles. The first-order chi connectivity index (χ1) is 7.63. The van der Waals surface area contributed by atoms with Crippen LogP contribution in [0.3, 0.4) is 0 Å². The summed E-state index contributed by atoms with van der Waals surface area (Å²) in [5.74, 6) is -0.796. The highest BCUT2D eigenvalue weighted by Crippen LogP contribution is 2.30. The van der Waals surface area contributed by atoms with Gasteiger partial charge in [0, 0.05) is 5.56 Å². The standard InChI is InChI=1S/C12H14FNO2/c1-3-11(15)10(7-14)9-6-8(13)4-5-12(9)16-2/h4-6,10-11,15H,3H2,1-2H3. The topological polar surface area (TPSA) is 53.2 Å². The van der Waals surface area contributed by atoms with Crippen LogP contribution < -0.4 is 4.74 Å². The molecule has 0 fully saturated rings. The van der Waals surface area contributed by atoms with Gasteiger partial charge in [0.2, 0.25) is 0 Å². The molecule has 86 valence electrons. The molecule has 1 aromatic carbocycles. The van der Waals surface area contributed by atoms with E-state index in [4.69, 9.17) is 10.00 Å². The van der Waals surface area contributed by atoms with Gasteiger partial charge in [-0.25, -0.2) is 4.39 Å². The largest absolute Gasteiger partial charge is 0.496 e. The van der Waals surface area contributed by atoms with Gasteiger partial charge in [-0.1, -0.05) is 6.92 Å². The molecule has 3 nitrogen and oxygen atoms in total. The zero-order valence-corrected chi connectivity index (χ0v) is 9.27. The smallest absolute Gasteiger partial charge is 0.123 e. The van der Waals surface area contributed by atoms with E-state index in [1.807, 2.05) is 6.07 Å². The highest BCUT2D eigenvalue weighted by molar-refractivity contribution is 5.40. The summed E-state index contributed by atoms with van der Waals surface area (Å²) in [5, 5.41) is 18.7. The molecule has 0 saturated heterocycles. The van der Waals surface area contributed by atoms with Crippen LogP contribution in [0.2, 0.25) is 0 Å². The molecule has 0 radical (unpaired) electrons. The van der Waals surface area contributed by atoms with Crippen molar-refractivity contribution in [3.8, 4) is 11.8 Å². The van der Waals surface area contributed by atoms with Gasteiger partial charge in [0.15, 0.2) is 0 Å². The maximum Gasteiger partial charge on any atom is 0.123 e. The van der Waals surface area contributed by atoms with Crippen molar-refractivity contribution in [3.63, 3.8) is 0 Å². The van der Waals surface area contributed by atoms with E-state index in [1.165, 1.54) is 25.3 Å². The zero-order chi connectivity index (χ0) is 12.1. The summed E-state index contributed by atoms with van der Waals surface area (Å²) in [6, 6.07) is 5.92. The maximum absolute atomic E-state index is 13.1. The predicted molar refractivity (Wildman–Crippen MR) is 57.6 cm³/mol. The van der Waals surface area contributed by atoms with Gasteiger partial charge in [-0.15, -0.1) is 0 Å². The van der Waals surface area contributed by atoms with Crippen molar-refractivity contribution in [1.82, 2.24) is 0 Å². The van der Waals surface area contributed by atoms with E-state index in [2.05, 4.69) is 0 Å². The molecule has 0 amide bonds. The van der Waals surface area contributed by atoms with Gasteiger partial charge >= 0.3 is 0 Å². The lowest BCUT2D eigenvalue weighted by Crippen LogP contribution is -2.16. The van der Waals surface area contributed by atoms with Crippen molar-refractivity contribution in [1.29, 1.82) is 5.26 Å². The Balaban J connectivity index is 3.18. The fourth-order valence-corrected chi connectivity index (χ4v) is 1.55. The molecule has 0 heterocycles. The molecule has 2 unspecified atom stereocenters. The Kier molecular flexibility index (Phi) is 4.27. The number of nitrogens with zero attached hydrogens (tertiary/aromatic N) is 1. The third-order valence-electron chi connectivity index (χ3n) is 2.47. The first-order valence-corrected chi connectivity index (χ1v) is 5.05.